The number of nitrogens with zero attached hydrogens (tertiary/aromatic N) is 2. The van der Waals surface area contributed by atoms with E-state index in [1.807, 2.05) is 0 Å². The molecule has 0 bridgehead atoms. The van der Waals surface area contributed by atoms with Gasteiger partial charge in [0.15, 0.2) is 0 Å². The van der Waals surface area contributed by atoms with Crippen molar-refractivity contribution in [1.29, 1.82) is 0 Å². The van der Waals surface area contributed by atoms with Crippen molar-refractivity contribution < 1.29 is 9.90 Å². The summed E-state index contributed by atoms with van der Waals surface area (Å²) >= 11 is 0. The molecule has 2 saturated heterocycles. The Labute approximate surface area is 167 Å². The smallest absolute Gasteiger partial charge is 0.321 e. The van der Waals surface area contributed by atoms with Crippen LogP contribution in [-0.4, -0.2) is 58.1 Å². The maximum atomic E-state index is 12.1. The van der Waals surface area contributed by atoms with E-state index in [2.05, 4.69) is 79.0 Å². The summed E-state index contributed by atoms with van der Waals surface area (Å²) in [6, 6.07) is -0.0483. The second kappa shape index (κ2) is 7.33. The Kier molecular flexibility index (Phi) is 6.16. The molecule has 2 fully saturated rings. The second-order valence-electron chi connectivity index (χ2n) is 11.9. The van der Waals surface area contributed by atoms with Gasteiger partial charge in [-0.2, -0.15) is 0 Å². The number of likely N-dealkylation sites (tertiary alicyclic amines) is 2. The van der Waals surface area contributed by atoms with Crippen LogP contribution < -0.4 is 0 Å². The maximum Gasteiger partial charge on any atom is 0.321 e. The zero-order valence-electron chi connectivity index (χ0n) is 19.5. The molecule has 0 radical (unpaired) electrons. The van der Waals surface area contributed by atoms with E-state index < -0.39 is 5.97 Å². The van der Waals surface area contributed by atoms with Crippen molar-refractivity contribution in [2.45, 2.75) is 93.3 Å². The molecular formula is C23H44N2O2. The Morgan fingerprint density at radius 2 is 1.41 bits per heavy atom. The highest BCUT2D eigenvalue weighted by molar-refractivity contribution is 5.74. The lowest BCUT2D eigenvalue weighted by molar-refractivity contribution is -0.147. The van der Waals surface area contributed by atoms with Gasteiger partial charge in [0.2, 0.25) is 0 Å². The maximum absolute atomic E-state index is 12.1. The molecule has 27 heavy (non-hydrogen) atoms. The fourth-order valence-electron chi connectivity index (χ4n) is 5.43. The summed E-state index contributed by atoms with van der Waals surface area (Å²) in [4.78, 5) is 17.1. The first-order valence-corrected chi connectivity index (χ1v) is 10.8. The van der Waals surface area contributed by atoms with Crippen LogP contribution in [0.2, 0.25) is 0 Å². The molecule has 1 N–H and O–H groups in total. The van der Waals surface area contributed by atoms with Crippen molar-refractivity contribution >= 4 is 5.97 Å². The quantitative estimate of drug-likeness (QED) is 0.761. The van der Waals surface area contributed by atoms with Crippen LogP contribution in [0.3, 0.4) is 0 Å². The lowest BCUT2D eigenvalue weighted by atomic mass is 9.63. The molecular weight excluding hydrogens is 336 g/mol. The van der Waals surface area contributed by atoms with E-state index in [1.165, 1.54) is 0 Å². The van der Waals surface area contributed by atoms with Gasteiger partial charge in [0, 0.05) is 24.7 Å². The van der Waals surface area contributed by atoms with Crippen molar-refractivity contribution in [3.8, 4) is 0 Å². The summed E-state index contributed by atoms with van der Waals surface area (Å²) in [5.41, 5.74) is 0.377. The molecule has 2 aliphatic heterocycles. The zero-order valence-corrected chi connectivity index (χ0v) is 19.5. The highest BCUT2D eigenvalue weighted by Gasteiger charge is 2.52. The van der Waals surface area contributed by atoms with E-state index in [1.54, 1.807) is 0 Å². The Morgan fingerprint density at radius 3 is 1.78 bits per heavy atom. The van der Waals surface area contributed by atoms with Crippen LogP contribution in [-0.2, 0) is 4.79 Å². The molecule has 2 heterocycles. The lowest BCUT2D eigenvalue weighted by Crippen LogP contribution is -2.62. The molecule has 2 aliphatic rings. The summed E-state index contributed by atoms with van der Waals surface area (Å²) in [5, 5.41) is 9.94. The molecule has 0 aliphatic carbocycles. The van der Waals surface area contributed by atoms with Crippen molar-refractivity contribution in [1.82, 2.24) is 9.80 Å². The van der Waals surface area contributed by atoms with Crippen molar-refractivity contribution in [3.63, 3.8) is 0 Å². The fraction of sp³-hybridized carbons (Fsp3) is 0.957. The number of carboxylic acids is 1. The molecule has 0 spiro atoms. The minimum atomic E-state index is -0.645. The minimum absolute atomic E-state index is 0.123. The summed E-state index contributed by atoms with van der Waals surface area (Å²) in [6.07, 6.45) is 0.988. The molecule has 0 aromatic rings. The third-order valence-electron chi connectivity index (χ3n) is 8.01. The SMILES string of the molecule is CC1CCN(C2C(C)C(C)(C)CN(C(C)(C)C)CC(C)(C)C2C)C1C(=O)O. The standard InChI is InChI=1S/C23H44N2O2/c1-15-11-12-25(18(15)20(26)27)19-16(2)22(7,8)13-24(21(4,5)6)14-23(9,10)17(19)3/h15-19H,11-14H2,1-10H3,(H,26,27). The van der Waals surface area contributed by atoms with E-state index in [0.717, 1.165) is 26.1 Å². The van der Waals surface area contributed by atoms with Crippen LogP contribution in [0.25, 0.3) is 0 Å². The number of carboxylic acid groups (broad SMARTS) is 1. The normalized spacial score (nSPS) is 38.4. The number of rotatable bonds is 2. The molecule has 4 unspecified atom stereocenters. The summed E-state index contributed by atoms with van der Waals surface area (Å²) in [7, 11) is 0. The topological polar surface area (TPSA) is 43.8 Å². The predicted octanol–water partition coefficient (Wildman–Crippen LogP) is 4.59. The average molecular weight is 381 g/mol. The summed E-state index contributed by atoms with van der Waals surface area (Å²) < 4.78 is 0. The predicted molar refractivity (Wildman–Crippen MR) is 113 cm³/mol. The molecule has 0 aromatic heterocycles. The van der Waals surface area contributed by atoms with E-state index in [9.17, 15) is 9.90 Å². The zero-order chi connectivity index (χ0) is 20.9. The highest BCUT2D eigenvalue weighted by Crippen LogP contribution is 2.47. The molecule has 4 atom stereocenters. The Morgan fingerprint density at radius 1 is 0.963 bits per heavy atom. The molecule has 4 nitrogen and oxygen atoms in total. The fourth-order valence-corrected chi connectivity index (χ4v) is 5.43. The van der Waals surface area contributed by atoms with Crippen LogP contribution in [0, 0.1) is 28.6 Å². The van der Waals surface area contributed by atoms with Crippen LogP contribution >= 0.6 is 0 Å². The van der Waals surface area contributed by atoms with Gasteiger partial charge in [0.05, 0.1) is 0 Å². The van der Waals surface area contributed by atoms with Gasteiger partial charge in [-0.3, -0.25) is 14.6 Å². The Hall–Kier alpha value is -0.610. The van der Waals surface area contributed by atoms with E-state index in [-0.39, 0.29) is 28.3 Å². The van der Waals surface area contributed by atoms with E-state index in [4.69, 9.17) is 0 Å². The molecule has 0 amide bonds. The third kappa shape index (κ3) is 4.37. The van der Waals surface area contributed by atoms with Crippen molar-refractivity contribution in [2.75, 3.05) is 19.6 Å². The number of aliphatic carboxylic acids is 1. The van der Waals surface area contributed by atoms with Crippen molar-refractivity contribution in [3.05, 3.63) is 0 Å². The number of carbonyl (C=O) groups is 1. The highest BCUT2D eigenvalue weighted by atomic mass is 16.4. The van der Waals surface area contributed by atoms with Crippen LogP contribution in [0.4, 0.5) is 0 Å². The van der Waals surface area contributed by atoms with Crippen LogP contribution in [0.1, 0.15) is 75.7 Å². The van der Waals surface area contributed by atoms with Crippen LogP contribution in [0.5, 0.6) is 0 Å². The molecule has 0 aromatic carbocycles. The minimum Gasteiger partial charge on any atom is -0.480 e. The monoisotopic (exact) mass is 380 g/mol. The Balaban J connectivity index is 2.48. The molecule has 158 valence electrons. The average Bonchev–Trinajstić information content (AvgIpc) is 2.86. The van der Waals surface area contributed by atoms with Crippen molar-refractivity contribution in [2.24, 2.45) is 28.6 Å². The first kappa shape index (κ1) is 22.7. The van der Waals surface area contributed by atoms with Gasteiger partial charge >= 0.3 is 5.97 Å². The summed E-state index contributed by atoms with van der Waals surface area (Å²) in [5.74, 6) is 0.422. The van der Waals surface area contributed by atoms with Gasteiger partial charge in [0.25, 0.3) is 0 Å². The second-order valence-corrected chi connectivity index (χ2v) is 11.9. The van der Waals surface area contributed by atoms with Gasteiger partial charge in [-0.25, -0.2) is 0 Å². The Bertz CT molecular complexity index is 525. The summed E-state index contributed by atoms with van der Waals surface area (Å²) in [6.45, 7) is 26.3. The van der Waals surface area contributed by atoms with Gasteiger partial charge in [-0.1, -0.05) is 48.5 Å². The first-order chi connectivity index (χ1) is 12.1. The largest absolute Gasteiger partial charge is 0.480 e. The molecule has 0 saturated carbocycles. The van der Waals surface area contributed by atoms with E-state index in [0.29, 0.717) is 17.9 Å². The van der Waals surface area contributed by atoms with Crippen LogP contribution in [0.15, 0.2) is 0 Å². The van der Waals surface area contributed by atoms with E-state index >= 15 is 0 Å². The molecule has 2 rings (SSSR count). The van der Waals surface area contributed by atoms with Gasteiger partial charge in [-0.15, -0.1) is 0 Å². The lowest BCUT2D eigenvalue weighted by Gasteiger charge is -2.56. The molecule has 4 heteroatoms. The number of hydrogen-bond donors (Lipinski definition) is 1. The van der Waals surface area contributed by atoms with Gasteiger partial charge in [-0.05, 0) is 62.3 Å². The number of hydrogen-bond acceptors (Lipinski definition) is 3. The van der Waals surface area contributed by atoms with Gasteiger partial charge < -0.3 is 5.11 Å². The first-order valence-electron chi connectivity index (χ1n) is 10.8. The third-order valence-corrected chi connectivity index (χ3v) is 8.01. The van der Waals surface area contributed by atoms with Gasteiger partial charge in [0.1, 0.15) is 6.04 Å².